The summed E-state index contributed by atoms with van der Waals surface area (Å²) in [5, 5.41) is 1.16. The quantitative estimate of drug-likeness (QED) is 0.782. The highest BCUT2D eigenvalue weighted by molar-refractivity contribution is 8.00. The summed E-state index contributed by atoms with van der Waals surface area (Å²) in [5.74, 6) is -0.0189. The molecule has 0 bridgehead atoms. The Morgan fingerprint density at radius 2 is 1.96 bits per heavy atom. The third kappa shape index (κ3) is 4.39. The fourth-order valence-corrected chi connectivity index (χ4v) is 5.95. The van der Waals surface area contributed by atoms with Gasteiger partial charge in [-0.2, -0.15) is 0 Å². The molecule has 0 saturated carbocycles. The van der Waals surface area contributed by atoms with E-state index in [1.807, 2.05) is 24.3 Å². The van der Waals surface area contributed by atoms with Gasteiger partial charge in [0.15, 0.2) is 0 Å². The molecule has 24 heavy (non-hydrogen) atoms. The van der Waals surface area contributed by atoms with Crippen molar-refractivity contribution in [2.24, 2.45) is 9.98 Å². The third-order valence-corrected chi connectivity index (χ3v) is 7.86. The van der Waals surface area contributed by atoms with Gasteiger partial charge in [-0.1, -0.05) is 11.6 Å². The van der Waals surface area contributed by atoms with Gasteiger partial charge in [-0.3, -0.25) is 4.99 Å². The second-order valence-electron chi connectivity index (χ2n) is 6.31. The Bertz CT molecular complexity index is 727. The molecule has 5 nitrogen and oxygen atoms in total. The van der Waals surface area contributed by atoms with Crippen molar-refractivity contribution in [3.63, 3.8) is 0 Å². The summed E-state index contributed by atoms with van der Waals surface area (Å²) < 4.78 is 26.8. The molecule has 1 aromatic carbocycles. The SMILES string of the molecule is C[C@@]1(CS(=O)(=O)N2CCC(Sc3ccc(Cl)cc3)CC2)C=NC=N1. The number of thioether (sulfide) groups is 1. The van der Waals surface area contributed by atoms with Crippen LogP contribution >= 0.6 is 23.4 Å². The van der Waals surface area contributed by atoms with Crippen molar-refractivity contribution in [1.82, 2.24) is 4.31 Å². The summed E-state index contributed by atoms with van der Waals surface area (Å²) in [7, 11) is -3.33. The average molecular weight is 386 g/mol. The van der Waals surface area contributed by atoms with Crippen LogP contribution < -0.4 is 0 Å². The van der Waals surface area contributed by atoms with Crippen molar-refractivity contribution in [3.05, 3.63) is 29.3 Å². The van der Waals surface area contributed by atoms with E-state index in [2.05, 4.69) is 9.98 Å². The van der Waals surface area contributed by atoms with Crippen LogP contribution in [0.4, 0.5) is 0 Å². The molecule has 0 aromatic heterocycles. The first-order chi connectivity index (χ1) is 11.4. The molecule has 0 radical (unpaired) electrons. The highest BCUT2D eigenvalue weighted by Gasteiger charge is 2.35. The molecular formula is C16H20ClN3O2S2. The van der Waals surface area contributed by atoms with Crippen LogP contribution in [0.25, 0.3) is 0 Å². The van der Waals surface area contributed by atoms with Crippen LogP contribution in [0.3, 0.4) is 0 Å². The predicted molar refractivity (Wildman–Crippen MR) is 101 cm³/mol. The number of piperidine rings is 1. The Labute approximate surface area is 152 Å². The lowest BCUT2D eigenvalue weighted by Gasteiger charge is -2.32. The van der Waals surface area contributed by atoms with E-state index in [0.717, 1.165) is 17.9 Å². The van der Waals surface area contributed by atoms with Crippen molar-refractivity contribution in [2.75, 3.05) is 18.8 Å². The Morgan fingerprint density at radius 3 is 2.54 bits per heavy atom. The van der Waals surface area contributed by atoms with Gasteiger partial charge in [0.2, 0.25) is 10.0 Å². The first-order valence-electron chi connectivity index (χ1n) is 7.84. The van der Waals surface area contributed by atoms with Crippen LogP contribution in [0.5, 0.6) is 0 Å². The van der Waals surface area contributed by atoms with Crippen LogP contribution in [0.1, 0.15) is 19.8 Å². The normalized spacial score (nSPS) is 25.4. The highest BCUT2D eigenvalue weighted by atomic mass is 35.5. The summed E-state index contributed by atoms with van der Waals surface area (Å²) in [6, 6.07) is 7.78. The molecule has 0 unspecified atom stereocenters. The van der Waals surface area contributed by atoms with Crippen LogP contribution in [-0.4, -0.2) is 54.9 Å². The molecule has 0 N–H and O–H groups in total. The number of nitrogens with zero attached hydrogens (tertiary/aromatic N) is 3. The second-order valence-corrected chi connectivity index (χ2v) is 10.1. The fourth-order valence-electron chi connectivity index (χ4n) is 2.86. The second kappa shape index (κ2) is 7.15. The lowest BCUT2D eigenvalue weighted by Crippen LogP contribution is -2.45. The largest absolute Gasteiger partial charge is 0.260 e. The van der Waals surface area contributed by atoms with Crippen LogP contribution in [0.15, 0.2) is 39.1 Å². The molecule has 8 heteroatoms. The first-order valence-corrected chi connectivity index (χ1v) is 10.7. The molecule has 3 rings (SSSR count). The Balaban J connectivity index is 1.55. The van der Waals surface area contributed by atoms with Gasteiger partial charge in [-0.25, -0.2) is 17.7 Å². The average Bonchev–Trinajstić information content (AvgIpc) is 2.95. The maximum atomic E-state index is 12.6. The molecule has 2 aliphatic heterocycles. The molecule has 2 aliphatic rings. The minimum atomic E-state index is -3.33. The van der Waals surface area contributed by atoms with Gasteiger partial charge in [0, 0.05) is 34.5 Å². The lowest BCUT2D eigenvalue weighted by atomic mass is 10.1. The van der Waals surface area contributed by atoms with Crippen LogP contribution in [0, 0.1) is 0 Å². The molecule has 0 amide bonds. The zero-order chi connectivity index (χ0) is 17.2. The molecule has 1 fully saturated rings. The topological polar surface area (TPSA) is 62.1 Å². The minimum Gasteiger partial charge on any atom is -0.260 e. The molecule has 0 spiro atoms. The smallest absolute Gasteiger partial charge is 0.216 e. The fraction of sp³-hybridized carbons (Fsp3) is 0.500. The summed E-state index contributed by atoms with van der Waals surface area (Å²) in [5.41, 5.74) is -0.728. The Kier molecular flexibility index (Phi) is 5.34. The zero-order valence-corrected chi connectivity index (χ0v) is 15.8. The van der Waals surface area contributed by atoms with Gasteiger partial charge < -0.3 is 0 Å². The van der Waals surface area contributed by atoms with Crippen molar-refractivity contribution in [2.45, 2.75) is 35.4 Å². The van der Waals surface area contributed by atoms with E-state index in [1.165, 1.54) is 11.2 Å². The van der Waals surface area contributed by atoms with Gasteiger partial charge in [-0.05, 0) is 44.0 Å². The number of benzene rings is 1. The van der Waals surface area contributed by atoms with Crippen LogP contribution in [-0.2, 0) is 10.0 Å². The summed E-state index contributed by atoms with van der Waals surface area (Å²) in [4.78, 5) is 9.25. The Hall–Kier alpha value is -0.890. The van der Waals surface area contributed by atoms with Crippen molar-refractivity contribution >= 4 is 45.9 Å². The molecule has 1 aromatic rings. The predicted octanol–water partition coefficient (Wildman–Crippen LogP) is 3.10. The lowest BCUT2D eigenvalue weighted by molar-refractivity contribution is 0.350. The molecule has 0 aliphatic carbocycles. The maximum Gasteiger partial charge on any atom is 0.216 e. The number of hydrogen-bond donors (Lipinski definition) is 0. The molecule has 2 heterocycles. The Morgan fingerprint density at radius 1 is 1.29 bits per heavy atom. The van der Waals surface area contributed by atoms with Gasteiger partial charge in [0.1, 0.15) is 11.9 Å². The van der Waals surface area contributed by atoms with Crippen molar-refractivity contribution in [1.29, 1.82) is 0 Å². The van der Waals surface area contributed by atoms with E-state index in [9.17, 15) is 8.42 Å². The van der Waals surface area contributed by atoms with Gasteiger partial charge in [0.05, 0.1) is 5.75 Å². The summed E-state index contributed by atoms with van der Waals surface area (Å²) >= 11 is 7.70. The van der Waals surface area contributed by atoms with Gasteiger partial charge >= 0.3 is 0 Å². The number of sulfonamides is 1. The molecular weight excluding hydrogens is 366 g/mol. The van der Waals surface area contributed by atoms with Crippen LogP contribution in [0.2, 0.25) is 5.02 Å². The van der Waals surface area contributed by atoms with E-state index in [0.29, 0.717) is 18.3 Å². The number of rotatable bonds is 5. The highest BCUT2D eigenvalue weighted by Crippen LogP contribution is 2.32. The monoisotopic (exact) mass is 385 g/mol. The number of aliphatic imine (C=N–C) groups is 2. The van der Waals surface area contributed by atoms with Gasteiger partial charge in [-0.15, -0.1) is 11.8 Å². The number of halogens is 1. The zero-order valence-electron chi connectivity index (χ0n) is 13.4. The van der Waals surface area contributed by atoms with E-state index in [1.54, 1.807) is 29.2 Å². The third-order valence-electron chi connectivity index (χ3n) is 4.16. The first kappa shape index (κ1) is 17.9. The molecule has 1 saturated heterocycles. The van der Waals surface area contributed by atoms with Crippen molar-refractivity contribution in [3.8, 4) is 0 Å². The molecule has 130 valence electrons. The minimum absolute atomic E-state index is 0.0189. The van der Waals surface area contributed by atoms with E-state index >= 15 is 0 Å². The van der Waals surface area contributed by atoms with E-state index < -0.39 is 15.6 Å². The molecule has 1 atom stereocenters. The van der Waals surface area contributed by atoms with E-state index in [-0.39, 0.29) is 5.75 Å². The maximum absolute atomic E-state index is 12.6. The summed E-state index contributed by atoms with van der Waals surface area (Å²) in [6.07, 6.45) is 4.72. The summed E-state index contributed by atoms with van der Waals surface area (Å²) in [6.45, 7) is 2.91. The van der Waals surface area contributed by atoms with E-state index in [4.69, 9.17) is 11.6 Å². The van der Waals surface area contributed by atoms with Gasteiger partial charge in [0.25, 0.3) is 0 Å². The van der Waals surface area contributed by atoms with Crippen molar-refractivity contribution < 1.29 is 8.42 Å². The number of hydrogen-bond acceptors (Lipinski definition) is 5. The standard InChI is InChI=1S/C16H20ClN3O2S2/c1-16(10-18-12-19-16)11-24(21,22)20-8-6-15(7-9-20)23-14-4-2-13(17)3-5-14/h2-5,10,12,15H,6-9,11H2,1H3/t16-/m0/s1.